The lowest BCUT2D eigenvalue weighted by atomic mass is 10.1. The van der Waals surface area contributed by atoms with Gasteiger partial charge >= 0.3 is 0 Å². The molecule has 1 amide bonds. The lowest BCUT2D eigenvalue weighted by Gasteiger charge is -2.23. The molecule has 76 valence electrons. The van der Waals surface area contributed by atoms with Gasteiger partial charge in [-0.3, -0.25) is 9.59 Å². The number of hydrogen-bond acceptors (Lipinski definition) is 3. The van der Waals surface area contributed by atoms with E-state index in [0.29, 0.717) is 6.42 Å². The summed E-state index contributed by atoms with van der Waals surface area (Å²) in [4.78, 5) is 22.3. The zero-order valence-electron chi connectivity index (χ0n) is 8.01. The lowest BCUT2D eigenvalue weighted by molar-refractivity contribution is -0.124. The molecule has 4 heteroatoms. The molecular formula is C10H14N2O2. The van der Waals surface area contributed by atoms with Crippen molar-refractivity contribution in [3.63, 3.8) is 0 Å². The van der Waals surface area contributed by atoms with Crippen LogP contribution < -0.4 is 10.6 Å². The first-order valence-corrected chi connectivity index (χ1v) is 5.03. The first-order chi connectivity index (χ1) is 6.75. The van der Waals surface area contributed by atoms with Crippen molar-refractivity contribution in [1.82, 2.24) is 10.6 Å². The minimum absolute atomic E-state index is 0.0523. The molecule has 1 saturated heterocycles. The predicted molar refractivity (Wildman–Crippen MR) is 51.5 cm³/mol. The fourth-order valence-corrected chi connectivity index (χ4v) is 1.84. The Labute approximate surface area is 82.7 Å². The van der Waals surface area contributed by atoms with Crippen molar-refractivity contribution in [1.29, 1.82) is 0 Å². The van der Waals surface area contributed by atoms with E-state index in [-0.39, 0.29) is 17.7 Å². The topological polar surface area (TPSA) is 58.2 Å². The van der Waals surface area contributed by atoms with Crippen molar-refractivity contribution >= 4 is 11.7 Å². The van der Waals surface area contributed by atoms with Gasteiger partial charge in [0.2, 0.25) is 5.91 Å². The molecule has 0 spiro atoms. The second kappa shape index (κ2) is 3.82. The molecule has 0 aromatic rings. The Morgan fingerprint density at radius 2 is 2.21 bits per heavy atom. The van der Waals surface area contributed by atoms with E-state index in [4.69, 9.17) is 0 Å². The highest BCUT2D eigenvalue weighted by Gasteiger charge is 2.23. The maximum Gasteiger partial charge on any atom is 0.242 e. The van der Waals surface area contributed by atoms with Gasteiger partial charge in [-0.25, -0.2) is 0 Å². The third-order valence-corrected chi connectivity index (χ3v) is 2.62. The fraction of sp³-hybridized carbons (Fsp3) is 0.600. The van der Waals surface area contributed by atoms with Gasteiger partial charge in [-0.05, 0) is 19.3 Å². The monoisotopic (exact) mass is 194 g/mol. The molecule has 1 aliphatic carbocycles. The highest BCUT2D eigenvalue weighted by molar-refractivity contribution is 5.93. The Morgan fingerprint density at radius 1 is 1.36 bits per heavy atom. The van der Waals surface area contributed by atoms with E-state index in [9.17, 15) is 9.59 Å². The van der Waals surface area contributed by atoms with Gasteiger partial charge in [0, 0.05) is 24.7 Å². The molecule has 1 heterocycles. The summed E-state index contributed by atoms with van der Waals surface area (Å²) in [7, 11) is 0. The molecule has 0 radical (unpaired) electrons. The molecule has 2 N–H and O–H groups in total. The zero-order chi connectivity index (χ0) is 9.97. The van der Waals surface area contributed by atoms with Crippen molar-refractivity contribution in [2.45, 2.75) is 31.7 Å². The van der Waals surface area contributed by atoms with E-state index in [1.807, 2.05) is 0 Å². The summed E-state index contributed by atoms with van der Waals surface area (Å²) in [6, 6.07) is -0.138. The molecule has 0 aromatic carbocycles. The molecule has 14 heavy (non-hydrogen) atoms. The van der Waals surface area contributed by atoms with Crippen LogP contribution in [0.25, 0.3) is 0 Å². The Hall–Kier alpha value is -1.32. The van der Waals surface area contributed by atoms with Gasteiger partial charge in [-0.2, -0.15) is 0 Å². The van der Waals surface area contributed by atoms with E-state index in [0.717, 1.165) is 31.5 Å². The molecule has 1 aliphatic heterocycles. The second-order valence-corrected chi connectivity index (χ2v) is 3.77. The highest BCUT2D eigenvalue weighted by Crippen LogP contribution is 2.14. The van der Waals surface area contributed by atoms with E-state index < -0.39 is 0 Å². The number of nitrogens with one attached hydrogen (secondary N) is 2. The van der Waals surface area contributed by atoms with Crippen molar-refractivity contribution in [3.05, 3.63) is 11.8 Å². The summed E-state index contributed by atoms with van der Waals surface area (Å²) in [5, 5.41) is 5.93. The smallest absolute Gasteiger partial charge is 0.242 e. The van der Waals surface area contributed by atoms with Crippen LogP contribution in [-0.4, -0.2) is 24.3 Å². The SMILES string of the molecule is O=C1C=C(NC2CCCNC2=O)CC1. The van der Waals surface area contributed by atoms with Crippen LogP contribution >= 0.6 is 0 Å². The molecule has 1 atom stereocenters. The molecule has 2 aliphatic rings. The second-order valence-electron chi connectivity index (χ2n) is 3.77. The fourth-order valence-electron chi connectivity index (χ4n) is 1.84. The van der Waals surface area contributed by atoms with Crippen LogP contribution in [0.4, 0.5) is 0 Å². The summed E-state index contributed by atoms with van der Waals surface area (Å²) in [6.07, 6.45) is 4.81. The van der Waals surface area contributed by atoms with Gasteiger partial charge < -0.3 is 10.6 Å². The van der Waals surface area contributed by atoms with Crippen molar-refractivity contribution in [2.75, 3.05) is 6.54 Å². The van der Waals surface area contributed by atoms with Gasteiger partial charge in [0.15, 0.2) is 5.78 Å². The first kappa shape index (κ1) is 9.24. The van der Waals surface area contributed by atoms with Crippen LogP contribution in [0.15, 0.2) is 11.8 Å². The molecule has 1 fully saturated rings. The molecule has 0 bridgehead atoms. The van der Waals surface area contributed by atoms with Crippen LogP contribution in [-0.2, 0) is 9.59 Å². The van der Waals surface area contributed by atoms with Crippen molar-refractivity contribution < 1.29 is 9.59 Å². The molecule has 0 aromatic heterocycles. The summed E-state index contributed by atoms with van der Waals surface area (Å²) < 4.78 is 0. The number of hydrogen-bond donors (Lipinski definition) is 2. The average molecular weight is 194 g/mol. The Kier molecular flexibility index (Phi) is 2.52. The number of carbonyl (C=O) groups excluding carboxylic acids is 2. The average Bonchev–Trinajstić information content (AvgIpc) is 2.56. The first-order valence-electron chi connectivity index (χ1n) is 5.03. The Bertz CT molecular complexity index is 296. The van der Waals surface area contributed by atoms with Gasteiger partial charge in [-0.15, -0.1) is 0 Å². The van der Waals surface area contributed by atoms with Crippen molar-refractivity contribution in [3.8, 4) is 0 Å². The maximum atomic E-state index is 11.4. The number of amides is 1. The van der Waals surface area contributed by atoms with E-state index in [1.165, 1.54) is 0 Å². The quantitative estimate of drug-likeness (QED) is 0.655. The van der Waals surface area contributed by atoms with Crippen LogP contribution in [0.3, 0.4) is 0 Å². The lowest BCUT2D eigenvalue weighted by Crippen LogP contribution is -2.47. The summed E-state index contributed by atoms with van der Waals surface area (Å²) in [6.45, 7) is 0.773. The van der Waals surface area contributed by atoms with Gasteiger partial charge in [0.25, 0.3) is 0 Å². The molecule has 1 unspecified atom stereocenters. The van der Waals surface area contributed by atoms with E-state index in [1.54, 1.807) is 6.08 Å². The third-order valence-electron chi connectivity index (χ3n) is 2.62. The van der Waals surface area contributed by atoms with Crippen LogP contribution in [0, 0.1) is 0 Å². The minimum Gasteiger partial charge on any atom is -0.377 e. The molecule has 4 nitrogen and oxygen atoms in total. The largest absolute Gasteiger partial charge is 0.377 e. The molecule has 0 saturated carbocycles. The van der Waals surface area contributed by atoms with Crippen LogP contribution in [0.2, 0.25) is 0 Å². The van der Waals surface area contributed by atoms with Crippen LogP contribution in [0.1, 0.15) is 25.7 Å². The van der Waals surface area contributed by atoms with Gasteiger partial charge in [-0.1, -0.05) is 0 Å². The van der Waals surface area contributed by atoms with Crippen molar-refractivity contribution in [2.24, 2.45) is 0 Å². The molecular weight excluding hydrogens is 180 g/mol. The summed E-state index contributed by atoms with van der Waals surface area (Å²) in [5.41, 5.74) is 0.914. The summed E-state index contributed by atoms with van der Waals surface area (Å²) in [5.74, 6) is 0.209. The van der Waals surface area contributed by atoms with Crippen LogP contribution in [0.5, 0.6) is 0 Å². The molecule has 2 rings (SSSR count). The number of piperidine rings is 1. The summed E-state index contributed by atoms with van der Waals surface area (Å²) >= 11 is 0. The Morgan fingerprint density at radius 3 is 2.86 bits per heavy atom. The predicted octanol–water partition coefficient (Wildman–Crippen LogP) is 0.101. The van der Waals surface area contributed by atoms with E-state index >= 15 is 0 Å². The number of rotatable bonds is 2. The number of ketones is 1. The Balaban J connectivity index is 1.93. The van der Waals surface area contributed by atoms with E-state index in [2.05, 4.69) is 10.6 Å². The normalized spacial score (nSPS) is 27.1. The zero-order valence-corrected chi connectivity index (χ0v) is 8.01. The van der Waals surface area contributed by atoms with Gasteiger partial charge in [0.05, 0.1) is 0 Å². The van der Waals surface area contributed by atoms with Gasteiger partial charge in [0.1, 0.15) is 6.04 Å². The number of carbonyl (C=O) groups is 2. The third kappa shape index (κ3) is 1.95. The maximum absolute atomic E-state index is 11.4. The highest BCUT2D eigenvalue weighted by atomic mass is 16.2. The minimum atomic E-state index is -0.138. The number of allylic oxidation sites excluding steroid dienone is 2. The standard InChI is InChI=1S/C10H14N2O2/c13-8-4-3-7(6-8)12-9-2-1-5-11-10(9)14/h6,9,12H,1-5H2,(H,11,14).